The van der Waals surface area contributed by atoms with Crippen LogP contribution in [0.3, 0.4) is 0 Å². The molecule has 6 nitrogen and oxygen atoms in total. The molecule has 1 saturated carbocycles. The minimum atomic E-state index is -0.514. The van der Waals surface area contributed by atoms with Crippen LogP contribution in [0.25, 0.3) is 0 Å². The van der Waals surface area contributed by atoms with E-state index in [0.29, 0.717) is 37.1 Å². The maximum Gasteiger partial charge on any atom is 0.290 e. The molecule has 3 aliphatic rings. The summed E-state index contributed by atoms with van der Waals surface area (Å²) < 4.78 is 16.9. The predicted molar refractivity (Wildman–Crippen MR) is 128 cm³/mol. The number of carbonyl (C=O) groups excluding carboxylic acids is 2. The normalized spacial score (nSPS) is 26.1. The van der Waals surface area contributed by atoms with Gasteiger partial charge in [0.05, 0.1) is 31.8 Å². The quantitative estimate of drug-likeness (QED) is 0.570. The molecule has 2 aromatic carbocycles. The van der Waals surface area contributed by atoms with Gasteiger partial charge in [-0.2, -0.15) is 0 Å². The molecular formula is C27H28ClNO5. The second-order valence-corrected chi connectivity index (χ2v) is 9.67. The Labute approximate surface area is 204 Å². The highest BCUT2D eigenvalue weighted by Crippen LogP contribution is 2.47. The Hall–Kier alpha value is -2.99. The lowest BCUT2D eigenvalue weighted by atomic mass is 9.77. The number of hydrogen-bond acceptors (Lipinski definition) is 5. The van der Waals surface area contributed by atoms with Crippen LogP contribution in [-0.2, 0) is 20.7 Å². The summed E-state index contributed by atoms with van der Waals surface area (Å²) in [6.07, 6.45) is 2.41. The van der Waals surface area contributed by atoms with E-state index < -0.39 is 6.04 Å². The zero-order valence-electron chi connectivity index (χ0n) is 19.3. The summed E-state index contributed by atoms with van der Waals surface area (Å²) in [5, 5.41) is -0.0468. The van der Waals surface area contributed by atoms with Crippen molar-refractivity contribution in [1.29, 1.82) is 0 Å². The Bertz CT molecular complexity index is 1130. The van der Waals surface area contributed by atoms with Gasteiger partial charge in [-0.05, 0) is 61.1 Å². The predicted octanol–water partition coefficient (Wildman–Crippen LogP) is 4.46. The van der Waals surface area contributed by atoms with Crippen LogP contribution >= 0.6 is 11.6 Å². The first-order valence-corrected chi connectivity index (χ1v) is 12.1. The number of fused-ring (bicyclic) bond motifs is 1. The summed E-state index contributed by atoms with van der Waals surface area (Å²) >= 11 is 6.41. The van der Waals surface area contributed by atoms with Crippen molar-refractivity contribution < 1.29 is 23.8 Å². The van der Waals surface area contributed by atoms with E-state index in [1.807, 2.05) is 48.5 Å². The average Bonchev–Trinajstić information content (AvgIpc) is 3.15. The lowest BCUT2D eigenvalue weighted by Gasteiger charge is -2.37. The summed E-state index contributed by atoms with van der Waals surface area (Å²) in [4.78, 5) is 29.1. The molecule has 4 unspecified atom stereocenters. The van der Waals surface area contributed by atoms with Gasteiger partial charge in [0.15, 0.2) is 11.5 Å². The van der Waals surface area contributed by atoms with E-state index in [4.69, 9.17) is 25.8 Å². The van der Waals surface area contributed by atoms with Gasteiger partial charge in [-0.3, -0.25) is 9.59 Å². The van der Waals surface area contributed by atoms with Gasteiger partial charge in [0.25, 0.3) is 5.91 Å². The van der Waals surface area contributed by atoms with Crippen LogP contribution in [0.5, 0.6) is 11.5 Å². The van der Waals surface area contributed by atoms with Gasteiger partial charge in [0, 0.05) is 11.9 Å². The monoisotopic (exact) mass is 481 g/mol. The number of methoxy groups -OCH3 is 2. The van der Waals surface area contributed by atoms with Crippen molar-refractivity contribution in [2.75, 3.05) is 20.8 Å². The molecule has 7 heteroatoms. The number of amides is 1. The van der Waals surface area contributed by atoms with E-state index >= 15 is 0 Å². The Balaban J connectivity index is 1.49. The van der Waals surface area contributed by atoms with Gasteiger partial charge >= 0.3 is 0 Å². The summed E-state index contributed by atoms with van der Waals surface area (Å²) in [5.41, 5.74) is 2.37. The number of rotatable bonds is 6. The number of alkyl halides is 1. The molecule has 1 fully saturated rings. The number of carbonyl (C=O) groups is 2. The molecule has 5 rings (SSSR count). The second kappa shape index (κ2) is 9.34. The molecule has 4 atom stereocenters. The first-order chi connectivity index (χ1) is 16.5. The fraction of sp³-hybridized carbons (Fsp3) is 0.407. The fourth-order valence-electron chi connectivity index (χ4n) is 5.29. The highest BCUT2D eigenvalue weighted by molar-refractivity contribution is 6.21. The van der Waals surface area contributed by atoms with E-state index in [0.717, 1.165) is 23.3 Å². The largest absolute Gasteiger partial charge is 0.497 e. The summed E-state index contributed by atoms with van der Waals surface area (Å²) in [5.74, 6) is 1.13. The maximum atomic E-state index is 13.7. The van der Waals surface area contributed by atoms with Crippen molar-refractivity contribution in [3.63, 3.8) is 0 Å². The molecule has 0 spiro atoms. The molecule has 178 valence electrons. The van der Waals surface area contributed by atoms with Crippen molar-refractivity contribution in [3.8, 4) is 11.5 Å². The minimum Gasteiger partial charge on any atom is -0.497 e. The molecule has 0 bridgehead atoms. The van der Waals surface area contributed by atoms with Crippen LogP contribution < -0.4 is 9.47 Å². The summed E-state index contributed by atoms with van der Waals surface area (Å²) in [6.45, 7) is 0.449. The van der Waals surface area contributed by atoms with Crippen molar-refractivity contribution in [1.82, 2.24) is 4.90 Å². The fourth-order valence-corrected chi connectivity index (χ4v) is 5.61. The molecule has 0 saturated heterocycles. The number of ketones is 1. The molecule has 2 aliphatic heterocycles. The molecule has 0 radical (unpaired) electrons. The van der Waals surface area contributed by atoms with E-state index in [-0.39, 0.29) is 34.8 Å². The maximum absolute atomic E-state index is 13.7. The summed E-state index contributed by atoms with van der Waals surface area (Å²) in [6, 6.07) is 14.8. The first kappa shape index (κ1) is 22.8. The van der Waals surface area contributed by atoms with Gasteiger partial charge in [-0.25, -0.2) is 0 Å². The Morgan fingerprint density at radius 1 is 1.03 bits per heavy atom. The van der Waals surface area contributed by atoms with Gasteiger partial charge < -0.3 is 19.1 Å². The van der Waals surface area contributed by atoms with Crippen molar-refractivity contribution in [3.05, 3.63) is 71.0 Å². The van der Waals surface area contributed by atoms with Crippen LogP contribution in [0.15, 0.2) is 59.9 Å². The number of ether oxygens (including phenoxy) is 3. The third kappa shape index (κ3) is 4.05. The number of hydrogen-bond donors (Lipinski definition) is 0. The minimum absolute atomic E-state index is 0.00952. The molecule has 1 aliphatic carbocycles. The third-order valence-electron chi connectivity index (χ3n) is 7.09. The number of Topliss-reactive ketones (excluding diaryl/α,β-unsaturated/α-hetero) is 1. The van der Waals surface area contributed by atoms with Gasteiger partial charge in [0.1, 0.15) is 17.6 Å². The first-order valence-electron chi connectivity index (χ1n) is 11.7. The Kier molecular flexibility index (Phi) is 6.26. The number of nitrogens with zero attached hydrogens (tertiary/aromatic N) is 1. The molecule has 1 amide bonds. The summed E-state index contributed by atoms with van der Waals surface area (Å²) in [7, 11) is 3.24. The molecule has 0 aromatic heterocycles. The van der Waals surface area contributed by atoms with Crippen LogP contribution in [0.2, 0.25) is 0 Å². The van der Waals surface area contributed by atoms with Crippen molar-refractivity contribution in [2.45, 2.75) is 43.2 Å². The molecular weight excluding hydrogens is 454 g/mol. The van der Waals surface area contributed by atoms with Crippen LogP contribution in [0.1, 0.15) is 36.4 Å². The Morgan fingerprint density at radius 2 is 1.79 bits per heavy atom. The number of benzene rings is 2. The van der Waals surface area contributed by atoms with E-state index in [9.17, 15) is 9.59 Å². The topological polar surface area (TPSA) is 65.1 Å². The SMILES string of the molecule is COc1ccc(CCN2C(=O)C3=C(C(=O)C4CC(Cl)CCC4O3)C2c2cccc(OC)c2)cc1. The van der Waals surface area contributed by atoms with Crippen LogP contribution in [-0.4, -0.2) is 48.8 Å². The molecule has 0 N–H and O–H groups in total. The number of halogens is 1. The highest BCUT2D eigenvalue weighted by Gasteiger charge is 2.52. The lowest BCUT2D eigenvalue weighted by Crippen LogP contribution is -2.41. The Morgan fingerprint density at radius 3 is 2.53 bits per heavy atom. The van der Waals surface area contributed by atoms with Gasteiger partial charge in [-0.1, -0.05) is 24.3 Å². The second-order valence-electron chi connectivity index (χ2n) is 9.06. The highest BCUT2D eigenvalue weighted by atomic mass is 35.5. The van der Waals surface area contributed by atoms with Crippen molar-refractivity contribution in [2.24, 2.45) is 5.92 Å². The van der Waals surface area contributed by atoms with E-state index in [1.165, 1.54) is 0 Å². The molecule has 34 heavy (non-hydrogen) atoms. The zero-order chi connectivity index (χ0) is 23.8. The van der Waals surface area contributed by atoms with Crippen LogP contribution in [0, 0.1) is 5.92 Å². The van der Waals surface area contributed by atoms with Gasteiger partial charge in [0.2, 0.25) is 0 Å². The molecule has 2 heterocycles. The van der Waals surface area contributed by atoms with E-state index in [1.54, 1.807) is 19.1 Å². The van der Waals surface area contributed by atoms with Crippen molar-refractivity contribution >= 4 is 23.3 Å². The smallest absolute Gasteiger partial charge is 0.290 e. The third-order valence-corrected chi connectivity index (χ3v) is 7.49. The van der Waals surface area contributed by atoms with Gasteiger partial charge in [-0.15, -0.1) is 11.6 Å². The zero-order valence-corrected chi connectivity index (χ0v) is 20.1. The standard InChI is InChI=1S/C27H28ClNO5/c1-32-19-9-6-16(7-10-19)12-13-29-24(17-4-3-5-20(14-17)33-2)23-25(30)21-15-18(28)8-11-22(21)34-26(23)27(29)31/h3-7,9-10,14,18,21-22,24H,8,11-13,15H2,1-2H3. The molecule has 2 aromatic rings. The average molecular weight is 482 g/mol. The lowest BCUT2D eigenvalue weighted by molar-refractivity contribution is -0.135. The van der Waals surface area contributed by atoms with E-state index in [2.05, 4.69) is 0 Å². The van der Waals surface area contributed by atoms with Crippen LogP contribution in [0.4, 0.5) is 0 Å².